The van der Waals surface area contributed by atoms with Crippen molar-refractivity contribution >= 4 is 11.9 Å². The van der Waals surface area contributed by atoms with E-state index >= 15 is 0 Å². The van der Waals surface area contributed by atoms with Gasteiger partial charge in [-0.15, -0.1) is 0 Å². The normalized spacial score (nSPS) is 23.5. The third-order valence-corrected chi connectivity index (χ3v) is 2.69. The molecule has 1 aliphatic rings. The van der Waals surface area contributed by atoms with E-state index in [-0.39, 0.29) is 29.9 Å². The molecule has 86 valence electrons. The lowest BCUT2D eigenvalue weighted by Gasteiger charge is -2.27. The van der Waals surface area contributed by atoms with Gasteiger partial charge in [0.1, 0.15) is 6.04 Å². The highest BCUT2D eigenvalue weighted by atomic mass is 16.2. The molecule has 0 aromatic carbocycles. The summed E-state index contributed by atoms with van der Waals surface area (Å²) in [4.78, 5) is 24.6. The molecule has 1 rings (SSSR count). The fraction of sp³-hybridized carbons (Fsp3) is 0.800. The smallest absolute Gasteiger partial charge is 0.316 e. The minimum atomic E-state index is -0.326. The SMILES string of the molecule is CNC(C)CN1C(=O)NC(=O)C1C(C)C. The number of carbonyl (C=O) groups is 2. The molecule has 0 aliphatic carbocycles. The Kier molecular flexibility index (Phi) is 3.68. The van der Waals surface area contributed by atoms with Crippen LogP contribution in [0.1, 0.15) is 20.8 Å². The van der Waals surface area contributed by atoms with E-state index in [0.717, 1.165) is 0 Å². The topological polar surface area (TPSA) is 61.4 Å². The van der Waals surface area contributed by atoms with Crippen LogP contribution in [0.25, 0.3) is 0 Å². The molecule has 0 spiro atoms. The lowest BCUT2D eigenvalue weighted by atomic mass is 10.0. The second-order valence-electron chi connectivity index (χ2n) is 4.33. The van der Waals surface area contributed by atoms with E-state index in [1.54, 1.807) is 4.90 Å². The zero-order valence-electron chi connectivity index (χ0n) is 9.70. The van der Waals surface area contributed by atoms with E-state index in [1.165, 1.54) is 0 Å². The molecule has 2 unspecified atom stereocenters. The summed E-state index contributed by atoms with van der Waals surface area (Å²) in [5.41, 5.74) is 0. The van der Waals surface area contributed by atoms with Gasteiger partial charge in [0.2, 0.25) is 0 Å². The number of carbonyl (C=O) groups excluding carboxylic acids is 2. The number of rotatable bonds is 4. The summed E-state index contributed by atoms with van der Waals surface area (Å²) in [5, 5.41) is 5.40. The number of urea groups is 1. The molecule has 15 heavy (non-hydrogen) atoms. The molecule has 1 saturated heterocycles. The van der Waals surface area contributed by atoms with Crippen molar-refractivity contribution < 1.29 is 9.59 Å². The van der Waals surface area contributed by atoms with Crippen LogP contribution in [0, 0.1) is 5.92 Å². The molecule has 1 fully saturated rings. The van der Waals surface area contributed by atoms with Crippen molar-refractivity contribution in [2.24, 2.45) is 5.92 Å². The number of likely N-dealkylation sites (N-methyl/N-ethyl adjacent to an activating group) is 1. The van der Waals surface area contributed by atoms with Crippen LogP contribution in [-0.2, 0) is 4.79 Å². The summed E-state index contributed by atoms with van der Waals surface area (Å²) >= 11 is 0. The molecule has 3 amide bonds. The fourth-order valence-corrected chi connectivity index (χ4v) is 1.76. The molecule has 5 nitrogen and oxygen atoms in total. The first-order valence-electron chi connectivity index (χ1n) is 5.26. The number of nitrogens with zero attached hydrogens (tertiary/aromatic N) is 1. The van der Waals surface area contributed by atoms with Crippen LogP contribution in [0.15, 0.2) is 0 Å². The largest absolute Gasteiger partial charge is 0.324 e. The van der Waals surface area contributed by atoms with E-state index in [0.29, 0.717) is 6.54 Å². The van der Waals surface area contributed by atoms with E-state index in [9.17, 15) is 9.59 Å². The lowest BCUT2D eigenvalue weighted by molar-refractivity contribution is -0.122. The molecule has 1 heterocycles. The zero-order chi connectivity index (χ0) is 11.6. The summed E-state index contributed by atoms with van der Waals surface area (Å²) in [7, 11) is 1.84. The van der Waals surface area contributed by atoms with Gasteiger partial charge in [0.25, 0.3) is 5.91 Å². The Hall–Kier alpha value is -1.10. The van der Waals surface area contributed by atoms with E-state index in [4.69, 9.17) is 0 Å². The highest BCUT2D eigenvalue weighted by Gasteiger charge is 2.40. The molecule has 0 bridgehead atoms. The molecule has 1 aliphatic heterocycles. The van der Waals surface area contributed by atoms with Gasteiger partial charge in [0.05, 0.1) is 0 Å². The number of hydrogen-bond donors (Lipinski definition) is 2. The summed E-state index contributed by atoms with van der Waals surface area (Å²) < 4.78 is 0. The van der Waals surface area contributed by atoms with Crippen LogP contribution in [0.3, 0.4) is 0 Å². The molecule has 5 heteroatoms. The molecule has 0 radical (unpaired) electrons. The third kappa shape index (κ3) is 2.47. The minimum absolute atomic E-state index is 0.139. The average Bonchev–Trinajstić information content (AvgIpc) is 2.41. The quantitative estimate of drug-likeness (QED) is 0.654. The van der Waals surface area contributed by atoms with Gasteiger partial charge in [-0.05, 0) is 19.9 Å². The minimum Gasteiger partial charge on any atom is -0.316 e. The first-order valence-corrected chi connectivity index (χ1v) is 5.26. The molecular formula is C10H19N3O2. The van der Waals surface area contributed by atoms with Gasteiger partial charge in [-0.3, -0.25) is 10.1 Å². The second-order valence-corrected chi connectivity index (χ2v) is 4.33. The van der Waals surface area contributed by atoms with Crippen molar-refractivity contribution in [3.8, 4) is 0 Å². The van der Waals surface area contributed by atoms with Crippen molar-refractivity contribution in [3.05, 3.63) is 0 Å². The summed E-state index contributed by atoms with van der Waals surface area (Å²) in [6.45, 7) is 6.42. The predicted octanol–water partition coefficient (Wildman–Crippen LogP) is 0.171. The fourth-order valence-electron chi connectivity index (χ4n) is 1.76. The molecule has 0 aromatic heterocycles. The van der Waals surface area contributed by atoms with Gasteiger partial charge >= 0.3 is 6.03 Å². The van der Waals surface area contributed by atoms with Gasteiger partial charge < -0.3 is 10.2 Å². The third-order valence-electron chi connectivity index (χ3n) is 2.69. The molecule has 2 atom stereocenters. The molecule has 0 aromatic rings. The number of imide groups is 1. The van der Waals surface area contributed by atoms with Crippen LogP contribution in [0.4, 0.5) is 4.79 Å². The Labute approximate surface area is 90.2 Å². The van der Waals surface area contributed by atoms with Crippen molar-refractivity contribution in [2.75, 3.05) is 13.6 Å². The Morgan fingerprint density at radius 3 is 2.47 bits per heavy atom. The Balaban J connectivity index is 2.74. The van der Waals surface area contributed by atoms with Crippen LogP contribution < -0.4 is 10.6 Å². The zero-order valence-corrected chi connectivity index (χ0v) is 9.70. The Bertz CT molecular complexity index is 265. The van der Waals surface area contributed by atoms with E-state index < -0.39 is 0 Å². The summed E-state index contributed by atoms with van der Waals surface area (Å²) in [6.07, 6.45) is 0. The van der Waals surface area contributed by atoms with Crippen molar-refractivity contribution in [1.29, 1.82) is 0 Å². The van der Waals surface area contributed by atoms with Crippen LogP contribution in [-0.4, -0.2) is 42.5 Å². The van der Waals surface area contributed by atoms with Gasteiger partial charge in [-0.2, -0.15) is 0 Å². The van der Waals surface area contributed by atoms with Crippen LogP contribution in [0.2, 0.25) is 0 Å². The highest BCUT2D eigenvalue weighted by molar-refractivity contribution is 6.04. The Morgan fingerprint density at radius 2 is 2.00 bits per heavy atom. The van der Waals surface area contributed by atoms with Crippen molar-refractivity contribution in [1.82, 2.24) is 15.5 Å². The first-order chi connectivity index (χ1) is 6.97. The van der Waals surface area contributed by atoms with Crippen molar-refractivity contribution in [3.63, 3.8) is 0 Å². The highest BCUT2D eigenvalue weighted by Crippen LogP contribution is 2.16. The second kappa shape index (κ2) is 4.61. The standard InChI is InChI=1S/C10H19N3O2/c1-6(2)8-9(14)12-10(15)13(8)5-7(3)11-4/h6-8,11H,5H2,1-4H3,(H,12,14,15). The maximum absolute atomic E-state index is 11.5. The van der Waals surface area contributed by atoms with E-state index in [1.807, 2.05) is 27.8 Å². The number of hydrogen-bond acceptors (Lipinski definition) is 3. The number of nitrogens with one attached hydrogen (secondary N) is 2. The summed E-state index contributed by atoms with van der Waals surface area (Å²) in [6, 6.07) is -0.419. The van der Waals surface area contributed by atoms with E-state index in [2.05, 4.69) is 10.6 Å². The number of amides is 3. The first kappa shape index (κ1) is 12.0. The maximum Gasteiger partial charge on any atom is 0.324 e. The molecule has 2 N–H and O–H groups in total. The monoisotopic (exact) mass is 213 g/mol. The van der Waals surface area contributed by atoms with Gasteiger partial charge in [0.15, 0.2) is 0 Å². The van der Waals surface area contributed by atoms with Crippen LogP contribution >= 0.6 is 0 Å². The molecule has 0 saturated carbocycles. The van der Waals surface area contributed by atoms with Gasteiger partial charge in [-0.1, -0.05) is 13.8 Å². The van der Waals surface area contributed by atoms with Crippen LogP contribution in [0.5, 0.6) is 0 Å². The molecular weight excluding hydrogens is 194 g/mol. The van der Waals surface area contributed by atoms with Gasteiger partial charge in [0, 0.05) is 12.6 Å². The Morgan fingerprint density at radius 1 is 1.40 bits per heavy atom. The van der Waals surface area contributed by atoms with Gasteiger partial charge in [-0.25, -0.2) is 4.79 Å². The predicted molar refractivity (Wildman–Crippen MR) is 57.4 cm³/mol. The van der Waals surface area contributed by atoms with Crippen molar-refractivity contribution in [2.45, 2.75) is 32.9 Å². The summed E-state index contributed by atoms with van der Waals surface area (Å²) in [5.74, 6) is -0.0428. The maximum atomic E-state index is 11.5. The average molecular weight is 213 g/mol. The lowest BCUT2D eigenvalue weighted by Crippen LogP contribution is -2.45.